The third-order valence-corrected chi connectivity index (χ3v) is 2.91. The predicted octanol–water partition coefficient (Wildman–Crippen LogP) is 0.141. The molecule has 0 saturated heterocycles. The third-order valence-electron chi connectivity index (χ3n) is 2.91. The molecule has 2 rings (SSSR count). The lowest BCUT2D eigenvalue weighted by Crippen LogP contribution is -2.36. The number of likely N-dealkylation sites (N-methyl/N-ethyl adjacent to an activating group) is 1. The second-order valence-corrected chi connectivity index (χ2v) is 4.60. The minimum absolute atomic E-state index is 0.0114. The van der Waals surface area contributed by atoms with Gasteiger partial charge in [-0.15, -0.1) is 0 Å². The minimum Gasteiger partial charge on any atom is -0.367 e. The summed E-state index contributed by atoms with van der Waals surface area (Å²) in [5.41, 5.74) is -0.239. The Morgan fingerprint density at radius 2 is 2.25 bits per heavy atom. The van der Waals surface area contributed by atoms with Gasteiger partial charge in [-0.1, -0.05) is 0 Å². The number of anilines is 2. The fourth-order valence-corrected chi connectivity index (χ4v) is 1.79. The van der Waals surface area contributed by atoms with Crippen LogP contribution >= 0.6 is 0 Å². The predicted molar refractivity (Wildman–Crippen MR) is 72.7 cm³/mol. The van der Waals surface area contributed by atoms with Crippen LogP contribution in [0, 0.1) is 10.1 Å². The maximum Gasteiger partial charge on any atom is 0.353 e. The highest BCUT2D eigenvalue weighted by atomic mass is 16.6. The number of aromatic nitrogens is 2. The Kier molecular flexibility index (Phi) is 3.97. The molecule has 9 heteroatoms. The van der Waals surface area contributed by atoms with Crippen LogP contribution in [0.15, 0.2) is 6.33 Å². The largest absolute Gasteiger partial charge is 0.367 e. The number of carbonyl (C=O) groups excluding carboxylic acids is 1. The molecule has 0 bridgehead atoms. The van der Waals surface area contributed by atoms with Crippen LogP contribution in [-0.2, 0) is 4.79 Å². The lowest BCUT2D eigenvalue weighted by atomic mass is 10.4. The molecule has 108 valence electrons. The van der Waals surface area contributed by atoms with E-state index in [1.54, 1.807) is 14.1 Å². The third kappa shape index (κ3) is 3.11. The van der Waals surface area contributed by atoms with Gasteiger partial charge in [0.15, 0.2) is 0 Å². The van der Waals surface area contributed by atoms with Crippen LogP contribution in [0.4, 0.5) is 17.3 Å². The van der Waals surface area contributed by atoms with E-state index in [2.05, 4.69) is 20.6 Å². The first-order valence-corrected chi connectivity index (χ1v) is 6.20. The number of nitrogens with one attached hydrogen (secondary N) is 2. The number of hydrogen-bond acceptors (Lipinski definition) is 7. The zero-order chi connectivity index (χ0) is 14.7. The van der Waals surface area contributed by atoms with Crippen LogP contribution in [0.25, 0.3) is 0 Å². The highest BCUT2D eigenvalue weighted by molar-refractivity contribution is 5.83. The fraction of sp³-hybridized carbons (Fsp3) is 0.545. The van der Waals surface area contributed by atoms with Gasteiger partial charge in [0.05, 0.1) is 11.5 Å². The second-order valence-electron chi connectivity index (χ2n) is 4.60. The maximum absolute atomic E-state index is 11.7. The van der Waals surface area contributed by atoms with Crippen molar-refractivity contribution in [1.29, 1.82) is 0 Å². The van der Waals surface area contributed by atoms with Crippen molar-refractivity contribution in [3.63, 3.8) is 0 Å². The fourth-order valence-electron chi connectivity index (χ4n) is 1.79. The summed E-state index contributed by atoms with van der Waals surface area (Å²) >= 11 is 0. The van der Waals surface area contributed by atoms with Crippen molar-refractivity contribution in [2.75, 3.05) is 30.9 Å². The van der Waals surface area contributed by atoms with Gasteiger partial charge in [0.2, 0.25) is 17.5 Å². The zero-order valence-electron chi connectivity index (χ0n) is 11.3. The smallest absolute Gasteiger partial charge is 0.353 e. The van der Waals surface area contributed by atoms with Gasteiger partial charge >= 0.3 is 5.69 Å². The number of hydrogen-bond donors (Lipinski definition) is 2. The van der Waals surface area contributed by atoms with Gasteiger partial charge in [-0.3, -0.25) is 14.9 Å². The molecule has 1 amide bonds. The molecule has 1 aromatic rings. The first-order valence-electron chi connectivity index (χ1n) is 6.20. The van der Waals surface area contributed by atoms with Gasteiger partial charge in [0.1, 0.15) is 6.33 Å². The summed E-state index contributed by atoms with van der Waals surface area (Å²) in [6.07, 6.45) is 3.21. The molecule has 0 aliphatic heterocycles. The van der Waals surface area contributed by atoms with E-state index in [0.29, 0.717) is 0 Å². The van der Waals surface area contributed by atoms with Gasteiger partial charge in [-0.05, 0) is 12.8 Å². The van der Waals surface area contributed by atoms with Crippen LogP contribution in [-0.4, -0.2) is 47.5 Å². The lowest BCUT2D eigenvalue weighted by molar-refractivity contribution is -0.383. The van der Waals surface area contributed by atoms with E-state index in [9.17, 15) is 14.9 Å². The Balaban J connectivity index is 2.17. The van der Waals surface area contributed by atoms with E-state index < -0.39 is 4.92 Å². The topological polar surface area (TPSA) is 113 Å². The molecule has 0 unspecified atom stereocenters. The summed E-state index contributed by atoms with van der Waals surface area (Å²) in [5.74, 6) is 0.0589. The molecule has 0 aromatic carbocycles. The summed E-state index contributed by atoms with van der Waals surface area (Å²) in [6.45, 7) is 0.0114. The van der Waals surface area contributed by atoms with Crippen LogP contribution in [0.2, 0.25) is 0 Å². The quantitative estimate of drug-likeness (QED) is 0.563. The summed E-state index contributed by atoms with van der Waals surface area (Å²) < 4.78 is 0. The van der Waals surface area contributed by atoms with Crippen molar-refractivity contribution >= 4 is 23.2 Å². The molecular weight excluding hydrogens is 264 g/mol. The van der Waals surface area contributed by atoms with Gasteiger partial charge in [-0.25, -0.2) is 9.97 Å². The first kappa shape index (κ1) is 14.0. The van der Waals surface area contributed by atoms with Gasteiger partial charge in [-0.2, -0.15) is 0 Å². The molecule has 1 aliphatic carbocycles. The second kappa shape index (κ2) is 5.68. The monoisotopic (exact) mass is 280 g/mol. The Bertz CT molecular complexity index is 531. The average molecular weight is 280 g/mol. The van der Waals surface area contributed by atoms with Gasteiger partial charge in [0.25, 0.3) is 0 Å². The Hall–Kier alpha value is -2.45. The van der Waals surface area contributed by atoms with Crippen LogP contribution in [0.1, 0.15) is 12.8 Å². The number of amides is 1. The van der Waals surface area contributed by atoms with Crippen molar-refractivity contribution in [3.8, 4) is 0 Å². The Labute approximate surface area is 115 Å². The Morgan fingerprint density at radius 1 is 1.55 bits per heavy atom. The SMILES string of the molecule is CNc1ncnc(N(C)CC(=O)NC2CC2)c1[N+](=O)[O-]. The molecule has 0 spiro atoms. The molecular formula is C11H16N6O3. The summed E-state index contributed by atoms with van der Waals surface area (Å²) in [5, 5.41) is 16.6. The molecule has 1 aromatic heterocycles. The van der Waals surface area contributed by atoms with E-state index in [1.807, 2.05) is 0 Å². The van der Waals surface area contributed by atoms with Crippen LogP contribution in [0.5, 0.6) is 0 Å². The van der Waals surface area contributed by atoms with Crippen LogP contribution < -0.4 is 15.5 Å². The lowest BCUT2D eigenvalue weighted by Gasteiger charge is -2.17. The highest BCUT2D eigenvalue weighted by Gasteiger charge is 2.27. The molecule has 1 saturated carbocycles. The summed E-state index contributed by atoms with van der Waals surface area (Å²) in [6, 6.07) is 0.254. The highest BCUT2D eigenvalue weighted by Crippen LogP contribution is 2.30. The standard InChI is InChI=1S/C11H16N6O3/c1-12-10-9(17(19)20)11(14-6-13-10)16(2)5-8(18)15-7-3-4-7/h6-7H,3-5H2,1-2H3,(H,15,18)(H,12,13,14). The number of nitro groups is 1. The molecule has 0 radical (unpaired) electrons. The molecule has 9 nitrogen and oxygen atoms in total. The van der Waals surface area contributed by atoms with Crippen molar-refractivity contribution in [3.05, 3.63) is 16.4 Å². The molecule has 2 N–H and O–H groups in total. The number of carbonyl (C=O) groups is 1. The van der Waals surface area contributed by atoms with Gasteiger partial charge < -0.3 is 15.5 Å². The van der Waals surface area contributed by atoms with E-state index in [1.165, 1.54) is 11.2 Å². The molecule has 1 fully saturated rings. The number of nitrogens with zero attached hydrogens (tertiary/aromatic N) is 4. The van der Waals surface area contributed by atoms with Crippen molar-refractivity contribution in [2.45, 2.75) is 18.9 Å². The molecule has 20 heavy (non-hydrogen) atoms. The van der Waals surface area contributed by atoms with E-state index in [-0.39, 0.29) is 35.8 Å². The summed E-state index contributed by atoms with van der Waals surface area (Å²) in [7, 11) is 3.13. The zero-order valence-corrected chi connectivity index (χ0v) is 11.3. The minimum atomic E-state index is -0.559. The van der Waals surface area contributed by atoms with E-state index in [0.717, 1.165) is 12.8 Å². The summed E-state index contributed by atoms with van der Waals surface area (Å²) in [4.78, 5) is 31.5. The van der Waals surface area contributed by atoms with Crippen molar-refractivity contribution in [1.82, 2.24) is 15.3 Å². The van der Waals surface area contributed by atoms with E-state index >= 15 is 0 Å². The number of rotatable bonds is 6. The van der Waals surface area contributed by atoms with Crippen molar-refractivity contribution in [2.24, 2.45) is 0 Å². The van der Waals surface area contributed by atoms with E-state index in [4.69, 9.17) is 0 Å². The molecule has 0 atom stereocenters. The molecule has 1 aliphatic rings. The maximum atomic E-state index is 11.7. The average Bonchev–Trinajstić information content (AvgIpc) is 3.21. The normalized spacial score (nSPS) is 13.7. The molecule has 1 heterocycles. The van der Waals surface area contributed by atoms with Crippen molar-refractivity contribution < 1.29 is 9.72 Å². The van der Waals surface area contributed by atoms with Gasteiger partial charge in [0, 0.05) is 20.1 Å². The first-order chi connectivity index (χ1) is 9.52. The Morgan fingerprint density at radius 3 is 2.80 bits per heavy atom. The van der Waals surface area contributed by atoms with Crippen LogP contribution in [0.3, 0.4) is 0 Å².